The van der Waals surface area contributed by atoms with E-state index in [1.165, 1.54) is 11.8 Å². The summed E-state index contributed by atoms with van der Waals surface area (Å²) in [5, 5.41) is 0. The number of hydrogen-bond acceptors (Lipinski definition) is 4. The summed E-state index contributed by atoms with van der Waals surface area (Å²) in [6, 6.07) is 7.50. The number of carbonyl (C=O) groups excluding carboxylic acids is 2. The SMILES string of the molecule is C#CCOC(=O)[C@@]12CCC(=O)N1c1ccccc1S2. The van der Waals surface area contributed by atoms with Crippen LogP contribution in [-0.2, 0) is 14.3 Å². The van der Waals surface area contributed by atoms with Gasteiger partial charge < -0.3 is 4.74 Å². The van der Waals surface area contributed by atoms with Crippen molar-refractivity contribution in [2.24, 2.45) is 0 Å². The zero-order valence-corrected chi connectivity index (χ0v) is 10.9. The number of fused-ring (bicyclic) bond motifs is 3. The van der Waals surface area contributed by atoms with Gasteiger partial charge in [0.25, 0.3) is 0 Å². The first-order valence-electron chi connectivity index (χ1n) is 5.91. The zero-order valence-electron chi connectivity index (χ0n) is 10.1. The highest BCUT2D eigenvalue weighted by atomic mass is 32.2. The summed E-state index contributed by atoms with van der Waals surface area (Å²) in [5.74, 6) is 1.80. The molecule has 4 nitrogen and oxygen atoms in total. The monoisotopic (exact) mass is 273 g/mol. The Morgan fingerprint density at radius 2 is 2.32 bits per heavy atom. The van der Waals surface area contributed by atoms with Gasteiger partial charge in [-0.1, -0.05) is 29.8 Å². The molecule has 0 radical (unpaired) electrons. The van der Waals surface area contributed by atoms with Gasteiger partial charge in [-0.05, 0) is 12.1 Å². The molecular formula is C14H11NO3S. The maximum absolute atomic E-state index is 12.3. The van der Waals surface area contributed by atoms with E-state index in [1.807, 2.05) is 24.3 Å². The van der Waals surface area contributed by atoms with Crippen molar-refractivity contribution in [2.75, 3.05) is 11.5 Å². The maximum Gasteiger partial charge on any atom is 0.344 e. The molecule has 1 fully saturated rings. The number of nitrogens with zero attached hydrogens (tertiary/aromatic N) is 1. The number of hydrogen-bond donors (Lipinski definition) is 0. The van der Waals surface area contributed by atoms with Crippen LogP contribution in [-0.4, -0.2) is 23.4 Å². The van der Waals surface area contributed by atoms with Crippen molar-refractivity contribution in [3.8, 4) is 12.3 Å². The van der Waals surface area contributed by atoms with Gasteiger partial charge in [-0.2, -0.15) is 0 Å². The lowest BCUT2D eigenvalue weighted by Gasteiger charge is -2.28. The molecule has 3 rings (SSSR count). The maximum atomic E-state index is 12.3. The lowest BCUT2D eigenvalue weighted by Crippen LogP contribution is -2.47. The van der Waals surface area contributed by atoms with Crippen LogP contribution in [0.15, 0.2) is 29.2 Å². The number of para-hydroxylation sites is 1. The summed E-state index contributed by atoms with van der Waals surface area (Å²) in [7, 11) is 0. The number of esters is 1. The summed E-state index contributed by atoms with van der Waals surface area (Å²) < 4.78 is 5.07. The Balaban J connectivity index is 2.01. The normalized spacial score (nSPS) is 23.7. The molecule has 96 valence electrons. The van der Waals surface area contributed by atoms with Crippen molar-refractivity contribution < 1.29 is 14.3 Å². The van der Waals surface area contributed by atoms with E-state index in [2.05, 4.69) is 5.92 Å². The van der Waals surface area contributed by atoms with Crippen molar-refractivity contribution in [3.05, 3.63) is 24.3 Å². The van der Waals surface area contributed by atoms with Crippen molar-refractivity contribution in [1.29, 1.82) is 0 Å². The first-order valence-corrected chi connectivity index (χ1v) is 6.72. The molecule has 2 aliphatic heterocycles. The third kappa shape index (κ3) is 1.64. The first-order chi connectivity index (χ1) is 9.19. The fourth-order valence-corrected chi connectivity index (χ4v) is 3.90. The molecule has 0 N–H and O–H groups in total. The second-order valence-electron chi connectivity index (χ2n) is 4.36. The topological polar surface area (TPSA) is 46.6 Å². The molecule has 19 heavy (non-hydrogen) atoms. The van der Waals surface area contributed by atoms with Gasteiger partial charge in [0.1, 0.15) is 0 Å². The summed E-state index contributed by atoms with van der Waals surface area (Å²) in [6.07, 6.45) is 5.91. The third-order valence-electron chi connectivity index (χ3n) is 3.28. The van der Waals surface area contributed by atoms with Gasteiger partial charge in [0, 0.05) is 17.7 Å². The van der Waals surface area contributed by atoms with E-state index in [4.69, 9.17) is 11.2 Å². The van der Waals surface area contributed by atoms with E-state index in [0.29, 0.717) is 12.8 Å². The lowest BCUT2D eigenvalue weighted by atomic mass is 10.2. The van der Waals surface area contributed by atoms with Crippen LogP contribution in [0.1, 0.15) is 12.8 Å². The molecular weight excluding hydrogens is 262 g/mol. The average Bonchev–Trinajstić information content (AvgIpc) is 2.92. The van der Waals surface area contributed by atoms with E-state index >= 15 is 0 Å². The second kappa shape index (κ2) is 4.32. The van der Waals surface area contributed by atoms with Gasteiger partial charge in [-0.25, -0.2) is 4.79 Å². The van der Waals surface area contributed by atoms with Gasteiger partial charge in [0.2, 0.25) is 5.91 Å². The Hall–Kier alpha value is -1.93. The standard InChI is InChI=1S/C14H11NO3S/c1-2-9-18-13(17)14-8-7-12(16)15(14)10-5-3-4-6-11(10)19-14/h1,3-6H,7-9H2/t14-/m0/s1. The van der Waals surface area contributed by atoms with E-state index in [0.717, 1.165) is 10.6 Å². The number of ether oxygens (including phenoxy) is 1. The fraction of sp³-hybridized carbons (Fsp3) is 0.286. The first kappa shape index (κ1) is 12.1. The molecule has 1 saturated heterocycles. The summed E-state index contributed by atoms with van der Waals surface area (Å²) in [6.45, 7) is -0.0699. The van der Waals surface area contributed by atoms with Crippen LogP contribution in [0.2, 0.25) is 0 Å². The van der Waals surface area contributed by atoms with Crippen LogP contribution in [0.5, 0.6) is 0 Å². The van der Waals surface area contributed by atoms with Gasteiger partial charge in [-0.3, -0.25) is 9.69 Å². The molecule has 1 aromatic carbocycles. The van der Waals surface area contributed by atoms with Crippen LogP contribution < -0.4 is 4.90 Å². The van der Waals surface area contributed by atoms with Crippen LogP contribution in [0.3, 0.4) is 0 Å². The molecule has 1 aromatic rings. The fourth-order valence-electron chi connectivity index (χ4n) is 2.49. The Kier molecular flexibility index (Phi) is 2.76. The minimum Gasteiger partial charge on any atom is -0.450 e. The largest absolute Gasteiger partial charge is 0.450 e. The molecule has 0 aliphatic carbocycles. The molecule has 2 aliphatic rings. The van der Waals surface area contributed by atoms with Gasteiger partial charge in [-0.15, -0.1) is 6.42 Å². The summed E-state index contributed by atoms with van der Waals surface area (Å²) >= 11 is 1.38. The average molecular weight is 273 g/mol. The van der Waals surface area contributed by atoms with Crippen LogP contribution in [0.4, 0.5) is 5.69 Å². The number of benzene rings is 1. The zero-order chi connectivity index (χ0) is 13.5. The van der Waals surface area contributed by atoms with E-state index < -0.39 is 10.8 Å². The number of rotatable bonds is 2. The minimum atomic E-state index is -0.961. The molecule has 0 aromatic heterocycles. The lowest BCUT2D eigenvalue weighted by molar-refractivity contribution is -0.145. The van der Waals surface area contributed by atoms with Gasteiger partial charge in [0.15, 0.2) is 11.5 Å². The Morgan fingerprint density at radius 3 is 3.11 bits per heavy atom. The summed E-state index contributed by atoms with van der Waals surface area (Å²) in [4.78, 5) is 25.9. The van der Waals surface area contributed by atoms with Gasteiger partial charge >= 0.3 is 5.97 Å². The Labute approximate surface area is 115 Å². The number of anilines is 1. The highest BCUT2D eigenvalue weighted by molar-refractivity contribution is 8.02. The minimum absolute atomic E-state index is 0.0462. The number of amides is 1. The number of terminal acetylenes is 1. The number of thioether (sulfide) groups is 1. The molecule has 0 bridgehead atoms. The van der Waals surface area contributed by atoms with Crippen molar-refractivity contribution in [2.45, 2.75) is 22.6 Å². The highest BCUT2D eigenvalue weighted by Crippen LogP contribution is 2.56. The molecule has 0 unspecified atom stereocenters. The molecule has 2 heterocycles. The van der Waals surface area contributed by atoms with Gasteiger partial charge in [0.05, 0.1) is 5.69 Å². The molecule has 1 atom stereocenters. The predicted molar refractivity (Wildman–Crippen MR) is 71.5 cm³/mol. The van der Waals surface area contributed by atoms with E-state index in [9.17, 15) is 9.59 Å². The van der Waals surface area contributed by atoms with Crippen molar-refractivity contribution in [3.63, 3.8) is 0 Å². The predicted octanol–water partition coefficient (Wildman–Crippen LogP) is 1.79. The quantitative estimate of drug-likeness (QED) is 0.609. The molecule has 1 amide bonds. The van der Waals surface area contributed by atoms with E-state index in [1.54, 1.807) is 4.90 Å². The Bertz CT molecular complexity index is 607. The second-order valence-corrected chi connectivity index (χ2v) is 5.68. The van der Waals surface area contributed by atoms with Crippen LogP contribution in [0.25, 0.3) is 0 Å². The van der Waals surface area contributed by atoms with E-state index in [-0.39, 0.29) is 12.5 Å². The third-order valence-corrected chi connectivity index (χ3v) is 4.74. The van der Waals surface area contributed by atoms with Crippen LogP contribution >= 0.6 is 11.8 Å². The number of carbonyl (C=O) groups is 2. The molecule has 5 heteroatoms. The molecule has 0 spiro atoms. The highest BCUT2D eigenvalue weighted by Gasteiger charge is 2.58. The summed E-state index contributed by atoms with van der Waals surface area (Å²) in [5.41, 5.74) is 0.785. The van der Waals surface area contributed by atoms with Crippen molar-refractivity contribution >= 4 is 29.3 Å². The van der Waals surface area contributed by atoms with Crippen LogP contribution in [0, 0.1) is 12.3 Å². The smallest absolute Gasteiger partial charge is 0.344 e. The molecule has 0 saturated carbocycles. The Morgan fingerprint density at radius 1 is 1.53 bits per heavy atom. The van der Waals surface area contributed by atoms with Crippen molar-refractivity contribution in [1.82, 2.24) is 0 Å².